The lowest BCUT2D eigenvalue weighted by Gasteiger charge is -2.18. The van der Waals surface area contributed by atoms with Gasteiger partial charge in [-0.2, -0.15) is 0 Å². The number of carbonyl (C=O) groups is 3. The normalized spacial score (nSPS) is 12.6. The van der Waals surface area contributed by atoms with Crippen LogP contribution in [0.15, 0.2) is 48.6 Å². The number of esters is 3. The second kappa shape index (κ2) is 35.6. The number of ether oxygens (including phenoxy) is 3. The minimum atomic E-state index is -0.793. The van der Waals surface area contributed by atoms with Crippen LogP contribution >= 0.6 is 0 Å². The molecule has 276 valence electrons. The first kappa shape index (κ1) is 45.3. The first-order valence-corrected chi connectivity index (χ1v) is 19.1. The quantitative estimate of drug-likeness (QED) is 0.0297. The van der Waals surface area contributed by atoms with Gasteiger partial charge in [0.2, 0.25) is 0 Å². The summed E-state index contributed by atoms with van der Waals surface area (Å²) >= 11 is 0. The van der Waals surface area contributed by atoms with Gasteiger partial charge in [-0.05, 0) is 91.3 Å². The van der Waals surface area contributed by atoms with Crippen LogP contribution < -0.4 is 0 Å². The summed E-state index contributed by atoms with van der Waals surface area (Å²) in [4.78, 5) is 39.2. The van der Waals surface area contributed by atoms with Crippen molar-refractivity contribution in [2.45, 2.75) is 161 Å². The Morgan fingerprint density at radius 2 is 0.896 bits per heavy atom. The van der Waals surface area contributed by atoms with Crippen LogP contribution in [0.2, 0.25) is 0 Å². The first-order valence-electron chi connectivity index (χ1n) is 19.1. The van der Waals surface area contributed by atoms with E-state index in [0.29, 0.717) is 19.3 Å². The van der Waals surface area contributed by atoms with Gasteiger partial charge in [-0.1, -0.05) is 114 Å². The number of allylic oxidation sites excluding steroid dienone is 8. The Hall–Kier alpha value is -2.67. The van der Waals surface area contributed by atoms with Gasteiger partial charge in [0.25, 0.3) is 0 Å². The molecule has 0 bridgehead atoms. The molecule has 48 heavy (non-hydrogen) atoms. The minimum Gasteiger partial charge on any atom is -0.462 e. The molecule has 0 saturated carbocycles. The van der Waals surface area contributed by atoms with Crippen LogP contribution in [0.1, 0.15) is 155 Å². The predicted molar refractivity (Wildman–Crippen MR) is 200 cm³/mol. The summed E-state index contributed by atoms with van der Waals surface area (Å²) in [5.74, 6) is -0.997. The number of rotatable bonds is 33. The summed E-state index contributed by atoms with van der Waals surface area (Å²) < 4.78 is 16.4. The average molecular weight is 674 g/mol. The Kier molecular flexibility index (Phi) is 33.7. The summed E-state index contributed by atoms with van der Waals surface area (Å²) in [7, 11) is 3.91. The maximum absolute atomic E-state index is 12.6. The predicted octanol–water partition coefficient (Wildman–Crippen LogP) is 10.4. The summed E-state index contributed by atoms with van der Waals surface area (Å²) in [6, 6.07) is 0. The number of carbonyl (C=O) groups excluding carboxylic acids is 3. The van der Waals surface area contributed by atoms with E-state index in [1.165, 1.54) is 12.8 Å². The van der Waals surface area contributed by atoms with E-state index < -0.39 is 6.10 Å². The summed E-state index contributed by atoms with van der Waals surface area (Å²) in [6.45, 7) is 4.96. The second-order valence-electron chi connectivity index (χ2n) is 12.9. The third kappa shape index (κ3) is 34.7. The van der Waals surface area contributed by atoms with Gasteiger partial charge in [0.1, 0.15) is 13.2 Å². The highest BCUT2D eigenvalue weighted by molar-refractivity contribution is 5.71. The number of nitrogens with zero attached hydrogens (tertiary/aromatic N) is 1. The van der Waals surface area contributed by atoms with Crippen LogP contribution in [-0.4, -0.2) is 62.8 Å². The van der Waals surface area contributed by atoms with Crippen LogP contribution in [-0.2, 0) is 28.6 Å². The lowest BCUT2D eigenvalue weighted by atomic mass is 10.1. The molecule has 0 aliphatic heterocycles. The van der Waals surface area contributed by atoms with E-state index in [2.05, 4.69) is 62.5 Å². The van der Waals surface area contributed by atoms with Crippen LogP contribution in [0.3, 0.4) is 0 Å². The Morgan fingerprint density at radius 1 is 0.500 bits per heavy atom. The van der Waals surface area contributed by atoms with Gasteiger partial charge in [0.15, 0.2) is 6.10 Å². The smallest absolute Gasteiger partial charge is 0.306 e. The van der Waals surface area contributed by atoms with Gasteiger partial charge in [-0.3, -0.25) is 14.4 Å². The fourth-order valence-corrected chi connectivity index (χ4v) is 4.89. The molecule has 0 aromatic rings. The Bertz CT molecular complexity index is 891. The molecule has 0 aromatic carbocycles. The molecule has 7 nitrogen and oxygen atoms in total. The number of unbranched alkanes of at least 4 members (excludes halogenated alkanes) is 12. The van der Waals surface area contributed by atoms with Crippen molar-refractivity contribution in [3.05, 3.63) is 48.6 Å². The van der Waals surface area contributed by atoms with Gasteiger partial charge in [-0.25, -0.2) is 0 Å². The zero-order valence-corrected chi connectivity index (χ0v) is 31.3. The first-order chi connectivity index (χ1) is 23.4. The van der Waals surface area contributed by atoms with Crippen LogP contribution in [0.25, 0.3) is 0 Å². The Labute approximate surface area is 294 Å². The third-order valence-electron chi connectivity index (χ3n) is 7.77. The molecule has 7 heteroatoms. The van der Waals surface area contributed by atoms with E-state index in [4.69, 9.17) is 14.2 Å². The average Bonchev–Trinajstić information content (AvgIpc) is 3.06. The molecule has 0 aliphatic carbocycles. The second-order valence-corrected chi connectivity index (χ2v) is 12.9. The van der Waals surface area contributed by atoms with Gasteiger partial charge in [-0.15, -0.1) is 0 Å². The standard InChI is InChI=1S/C41H71NO6/c1-5-7-9-11-13-15-17-19-21-23-25-27-29-32-39(43)46-36-38(37-47-40(44)34-31-35-42(3)4)48-41(45)33-30-28-26-24-22-20-18-16-14-12-10-8-6-2/h9-12,15-18,38H,5-8,13-14,19-37H2,1-4H3/b11-9-,12-10-,17-15-,18-16-/t38-/m1/s1. The molecule has 1 atom stereocenters. The zero-order chi connectivity index (χ0) is 35.3. The third-order valence-corrected chi connectivity index (χ3v) is 7.77. The van der Waals surface area contributed by atoms with Crippen molar-refractivity contribution < 1.29 is 28.6 Å². The highest BCUT2D eigenvalue weighted by Crippen LogP contribution is 2.12. The Morgan fingerprint density at radius 3 is 1.35 bits per heavy atom. The lowest BCUT2D eigenvalue weighted by Crippen LogP contribution is -2.31. The molecule has 0 amide bonds. The highest BCUT2D eigenvalue weighted by atomic mass is 16.6. The molecule has 0 radical (unpaired) electrons. The van der Waals surface area contributed by atoms with E-state index >= 15 is 0 Å². The molecule has 0 saturated heterocycles. The molecule has 0 N–H and O–H groups in total. The van der Waals surface area contributed by atoms with Crippen molar-refractivity contribution in [3.63, 3.8) is 0 Å². The molecular weight excluding hydrogens is 602 g/mol. The molecular formula is C41H71NO6. The summed E-state index contributed by atoms with van der Waals surface area (Å²) in [5.41, 5.74) is 0. The molecule has 0 fully saturated rings. The Balaban J connectivity index is 4.31. The minimum absolute atomic E-state index is 0.0998. The lowest BCUT2D eigenvalue weighted by molar-refractivity contribution is -0.167. The maximum atomic E-state index is 12.6. The van der Waals surface area contributed by atoms with E-state index in [1.54, 1.807) is 0 Å². The van der Waals surface area contributed by atoms with Crippen molar-refractivity contribution in [1.29, 1.82) is 0 Å². The van der Waals surface area contributed by atoms with Gasteiger partial charge in [0.05, 0.1) is 0 Å². The van der Waals surface area contributed by atoms with E-state index in [-0.39, 0.29) is 37.5 Å². The summed E-state index contributed by atoms with van der Waals surface area (Å²) in [5, 5.41) is 0. The van der Waals surface area contributed by atoms with Crippen LogP contribution in [0.5, 0.6) is 0 Å². The fraction of sp³-hybridized carbons (Fsp3) is 0.732. The van der Waals surface area contributed by atoms with Crippen molar-refractivity contribution >= 4 is 17.9 Å². The zero-order valence-electron chi connectivity index (χ0n) is 31.3. The van der Waals surface area contributed by atoms with E-state index in [0.717, 1.165) is 109 Å². The SMILES string of the molecule is CCC/C=C\C/C=C\CCCCCCCC(=O)OC[C@H](COC(=O)CCCN(C)C)OC(=O)CCCCCCC/C=C\C/C=C\CCC. The van der Waals surface area contributed by atoms with Crippen molar-refractivity contribution in [1.82, 2.24) is 4.90 Å². The largest absolute Gasteiger partial charge is 0.462 e. The fourth-order valence-electron chi connectivity index (χ4n) is 4.89. The van der Waals surface area contributed by atoms with Gasteiger partial charge >= 0.3 is 17.9 Å². The molecule has 0 aliphatic rings. The molecule has 0 spiro atoms. The van der Waals surface area contributed by atoms with E-state index in [9.17, 15) is 14.4 Å². The van der Waals surface area contributed by atoms with Crippen molar-refractivity contribution in [2.75, 3.05) is 33.9 Å². The van der Waals surface area contributed by atoms with Crippen molar-refractivity contribution in [3.8, 4) is 0 Å². The maximum Gasteiger partial charge on any atom is 0.306 e. The van der Waals surface area contributed by atoms with E-state index in [1.807, 2.05) is 19.0 Å². The van der Waals surface area contributed by atoms with Gasteiger partial charge < -0.3 is 19.1 Å². The van der Waals surface area contributed by atoms with Crippen LogP contribution in [0, 0.1) is 0 Å². The summed E-state index contributed by atoms with van der Waals surface area (Å²) in [6.07, 6.45) is 37.9. The molecule has 0 rings (SSSR count). The van der Waals surface area contributed by atoms with Gasteiger partial charge in [0, 0.05) is 19.3 Å². The highest BCUT2D eigenvalue weighted by Gasteiger charge is 2.19. The monoisotopic (exact) mass is 674 g/mol. The molecule has 0 heterocycles. The molecule has 0 unspecified atom stereocenters. The number of hydrogen-bond donors (Lipinski definition) is 0. The van der Waals surface area contributed by atoms with Crippen LogP contribution in [0.4, 0.5) is 0 Å². The van der Waals surface area contributed by atoms with Crippen molar-refractivity contribution in [2.24, 2.45) is 0 Å². The topological polar surface area (TPSA) is 82.1 Å². The number of hydrogen-bond acceptors (Lipinski definition) is 7. The molecule has 0 aromatic heterocycles.